The maximum absolute atomic E-state index is 12.1. The number of amides is 2. The summed E-state index contributed by atoms with van der Waals surface area (Å²) >= 11 is 1.85. The summed E-state index contributed by atoms with van der Waals surface area (Å²) in [5, 5.41) is 11.7. The summed E-state index contributed by atoms with van der Waals surface area (Å²) in [6.45, 7) is 2.27. The summed E-state index contributed by atoms with van der Waals surface area (Å²) in [4.78, 5) is 24.5. The van der Waals surface area contributed by atoms with Crippen molar-refractivity contribution in [1.82, 2.24) is 10.2 Å². The fourth-order valence-electron chi connectivity index (χ4n) is 2.69. The van der Waals surface area contributed by atoms with Crippen LogP contribution in [0.15, 0.2) is 0 Å². The smallest absolute Gasteiger partial charge is 0.317 e. The van der Waals surface area contributed by atoms with Crippen LogP contribution in [0.5, 0.6) is 0 Å². The molecule has 1 heterocycles. The van der Waals surface area contributed by atoms with Gasteiger partial charge in [-0.2, -0.15) is 11.8 Å². The Morgan fingerprint density at radius 1 is 1.35 bits per heavy atom. The monoisotopic (exact) mass is 300 g/mol. The van der Waals surface area contributed by atoms with Crippen molar-refractivity contribution in [3.8, 4) is 0 Å². The number of urea groups is 1. The van der Waals surface area contributed by atoms with E-state index >= 15 is 0 Å². The van der Waals surface area contributed by atoms with Gasteiger partial charge in [0.1, 0.15) is 0 Å². The highest BCUT2D eigenvalue weighted by atomic mass is 32.2. The van der Waals surface area contributed by atoms with Crippen LogP contribution < -0.4 is 5.32 Å². The van der Waals surface area contributed by atoms with Crippen LogP contribution in [-0.2, 0) is 4.79 Å². The lowest BCUT2D eigenvalue weighted by Crippen LogP contribution is -2.46. The van der Waals surface area contributed by atoms with Crippen LogP contribution in [0.1, 0.15) is 38.5 Å². The molecule has 5 nitrogen and oxygen atoms in total. The maximum Gasteiger partial charge on any atom is 0.317 e. The Morgan fingerprint density at radius 3 is 2.50 bits per heavy atom. The first-order valence-electron chi connectivity index (χ1n) is 7.34. The minimum Gasteiger partial charge on any atom is -0.481 e. The molecule has 2 fully saturated rings. The minimum atomic E-state index is -0.725. The topological polar surface area (TPSA) is 69.6 Å². The average Bonchev–Trinajstić information content (AvgIpc) is 3.24. The fourth-order valence-corrected chi connectivity index (χ4v) is 3.42. The van der Waals surface area contributed by atoms with Crippen molar-refractivity contribution in [2.45, 2.75) is 43.3 Å². The molecule has 2 N–H and O–H groups in total. The number of hydrogen-bond acceptors (Lipinski definition) is 3. The van der Waals surface area contributed by atoms with E-state index in [9.17, 15) is 9.59 Å². The lowest BCUT2D eigenvalue weighted by Gasteiger charge is -2.32. The number of thioether (sulfide) groups is 1. The Morgan fingerprint density at radius 2 is 2.00 bits per heavy atom. The number of rotatable bonds is 6. The molecule has 0 aromatic rings. The first-order chi connectivity index (χ1) is 9.54. The molecule has 1 saturated carbocycles. The Bertz CT molecular complexity index is 363. The van der Waals surface area contributed by atoms with Crippen molar-refractivity contribution in [2.75, 3.05) is 25.9 Å². The Kier molecular flexibility index (Phi) is 5.18. The molecule has 1 aliphatic carbocycles. The second-order valence-corrected chi connectivity index (χ2v) is 7.18. The van der Waals surface area contributed by atoms with E-state index in [0.717, 1.165) is 38.9 Å². The van der Waals surface area contributed by atoms with Crippen molar-refractivity contribution < 1.29 is 14.7 Å². The lowest BCUT2D eigenvalue weighted by atomic mass is 9.92. The van der Waals surface area contributed by atoms with Gasteiger partial charge in [0.2, 0.25) is 0 Å². The number of carboxylic acid groups (broad SMARTS) is 1. The average molecular weight is 300 g/mol. The van der Waals surface area contributed by atoms with Gasteiger partial charge in [-0.15, -0.1) is 0 Å². The number of carbonyl (C=O) groups excluding carboxylic acids is 1. The van der Waals surface area contributed by atoms with Gasteiger partial charge in [0.05, 0.1) is 0 Å². The van der Waals surface area contributed by atoms with E-state index in [-0.39, 0.29) is 12.5 Å². The molecular weight excluding hydrogens is 276 g/mol. The molecule has 1 aliphatic heterocycles. The van der Waals surface area contributed by atoms with Gasteiger partial charge >= 0.3 is 12.0 Å². The van der Waals surface area contributed by atoms with Gasteiger partial charge in [0, 0.05) is 30.8 Å². The summed E-state index contributed by atoms with van der Waals surface area (Å²) in [5.41, 5.74) is 0. The summed E-state index contributed by atoms with van der Waals surface area (Å²) in [5.74, 6) is -0.270. The van der Waals surface area contributed by atoms with E-state index in [1.54, 1.807) is 0 Å². The van der Waals surface area contributed by atoms with Gasteiger partial charge in [0.25, 0.3) is 0 Å². The SMILES string of the molecule is CSC1(CNC(=O)N2CCC(CCC(=O)O)CC2)CC1. The minimum absolute atomic E-state index is 0.0435. The third kappa shape index (κ3) is 4.30. The van der Waals surface area contributed by atoms with Crippen LogP contribution >= 0.6 is 11.8 Å². The molecule has 2 rings (SSSR count). The van der Waals surface area contributed by atoms with Crippen LogP contribution in [0.3, 0.4) is 0 Å². The summed E-state index contributed by atoms with van der Waals surface area (Å²) < 4.78 is 0.301. The molecule has 0 bridgehead atoms. The van der Waals surface area contributed by atoms with E-state index in [4.69, 9.17) is 5.11 Å². The first-order valence-corrected chi connectivity index (χ1v) is 8.57. The van der Waals surface area contributed by atoms with Crippen LogP contribution in [-0.4, -0.2) is 52.6 Å². The van der Waals surface area contributed by atoms with Crippen LogP contribution in [0.25, 0.3) is 0 Å². The summed E-state index contributed by atoms with van der Waals surface area (Å²) in [6.07, 6.45) is 7.33. The van der Waals surface area contributed by atoms with E-state index in [0.29, 0.717) is 10.7 Å². The van der Waals surface area contributed by atoms with Crippen LogP contribution in [0.2, 0.25) is 0 Å². The second-order valence-electron chi connectivity index (χ2n) is 5.91. The molecule has 0 unspecified atom stereocenters. The Labute approximate surface area is 124 Å². The number of nitrogens with zero attached hydrogens (tertiary/aromatic N) is 1. The molecule has 0 aromatic carbocycles. The maximum atomic E-state index is 12.1. The van der Waals surface area contributed by atoms with E-state index in [1.165, 1.54) is 12.8 Å². The number of likely N-dealkylation sites (tertiary alicyclic amines) is 1. The van der Waals surface area contributed by atoms with Crippen molar-refractivity contribution in [3.63, 3.8) is 0 Å². The normalized spacial score (nSPS) is 21.6. The zero-order valence-electron chi connectivity index (χ0n) is 12.1. The van der Waals surface area contributed by atoms with Crippen molar-refractivity contribution in [3.05, 3.63) is 0 Å². The number of nitrogens with one attached hydrogen (secondary N) is 1. The van der Waals surface area contributed by atoms with Crippen molar-refractivity contribution >= 4 is 23.8 Å². The molecule has 0 atom stereocenters. The molecular formula is C14H24N2O3S. The van der Waals surface area contributed by atoms with Gasteiger partial charge in [-0.1, -0.05) is 0 Å². The van der Waals surface area contributed by atoms with Crippen LogP contribution in [0.4, 0.5) is 4.79 Å². The van der Waals surface area contributed by atoms with E-state index in [1.807, 2.05) is 16.7 Å². The molecule has 6 heteroatoms. The van der Waals surface area contributed by atoms with Gasteiger partial charge in [-0.25, -0.2) is 4.79 Å². The number of carboxylic acids is 1. The molecule has 0 radical (unpaired) electrons. The number of carbonyl (C=O) groups is 2. The molecule has 2 amide bonds. The zero-order chi connectivity index (χ0) is 14.6. The molecule has 20 heavy (non-hydrogen) atoms. The largest absolute Gasteiger partial charge is 0.481 e. The van der Waals surface area contributed by atoms with Gasteiger partial charge in [0.15, 0.2) is 0 Å². The Hall–Kier alpha value is -0.910. The fraction of sp³-hybridized carbons (Fsp3) is 0.857. The van der Waals surface area contributed by atoms with Crippen molar-refractivity contribution in [2.24, 2.45) is 5.92 Å². The van der Waals surface area contributed by atoms with Crippen LogP contribution in [0, 0.1) is 5.92 Å². The van der Waals surface area contributed by atoms with E-state index < -0.39 is 5.97 Å². The number of hydrogen-bond donors (Lipinski definition) is 2. The third-order valence-electron chi connectivity index (χ3n) is 4.47. The second kappa shape index (κ2) is 6.70. The summed E-state index contributed by atoms with van der Waals surface area (Å²) in [6, 6.07) is 0.0435. The molecule has 0 aromatic heterocycles. The van der Waals surface area contributed by atoms with Gasteiger partial charge < -0.3 is 15.3 Å². The van der Waals surface area contributed by atoms with Gasteiger partial charge in [-0.05, 0) is 44.3 Å². The number of piperidine rings is 1. The highest BCUT2D eigenvalue weighted by Crippen LogP contribution is 2.46. The molecule has 2 aliphatic rings. The summed E-state index contributed by atoms with van der Waals surface area (Å²) in [7, 11) is 0. The number of aliphatic carboxylic acids is 1. The van der Waals surface area contributed by atoms with Crippen molar-refractivity contribution in [1.29, 1.82) is 0 Å². The molecule has 1 saturated heterocycles. The highest BCUT2D eigenvalue weighted by Gasteiger charge is 2.42. The standard InChI is InChI=1S/C14H24N2O3S/c1-20-14(6-7-14)10-15-13(19)16-8-4-11(5-9-16)2-3-12(17)18/h11H,2-10H2,1H3,(H,15,19)(H,17,18). The van der Waals surface area contributed by atoms with E-state index in [2.05, 4.69) is 11.6 Å². The predicted molar refractivity (Wildman–Crippen MR) is 80.0 cm³/mol. The molecule has 0 spiro atoms. The Balaban J connectivity index is 1.65. The third-order valence-corrected chi connectivity index (χ3v) is 5.89. The quantitative estimate of drug-likeness (QED) is 0.789. The first kappa shape index (κ1) is 15.5. The predicted octanol–water partition coefficient (Wildman–Crippen LogP) is 2.17. The lowest BCUT2D eigenvalue weighted by molar-refractivity contribution is -0.137. The molecule has 114 valence electrons. The zero-order valence-corrected chi connectivity index (χ0v) is 12.9. The highest BCUT2D eigenvalue weighted by molar-refractivity contribution is 8.00. The van der Waals surface area contributed by atoms with Gasteiger partial charge in [-0.3, -0.25) is 4.79 Å².